The molecule has 0 fully saturated rings. The third kappa shape index (κ3) is 6.58. The standard InChI is InChI=1S/C20H17ClN4O3S2/c1-28-16-9-8-14(11-15(16)21)22-18(27)12-29-20-25-24-19(30-20)23-17(26)10-7-13-5-3-2-4-6-13/h2-11H,12H2,1H3,(H,22,27)(H,23,24,26)/b10-7+. The molecule has 1 aromatic heterocycles. The van der Waals surface area contributed by atoms with Gasteiger partial charge < -0.3 is 10.1 Å². The quantitative estimate of drug-likeness (QED) is 0.290. The molecule has 2 N–H and O–H groups in total. The van der Waals surface area contributed by atoms with Crippen molar-refractivity contribution in [1.82, 2.24) is 10.2 Å². The molecule has 0 saturated carbocycles. The third-order valence-corrected chi connectivity index (χ3v) is 5.89. The fraction of sp³-hybridized carbons (Fsp3) is 0.100. The number of hydrogen-bond donors (Lipinski definition) is 2. The fourth-order valence-corrected chi connectivity index (χ4v) is 4.08. The van der Waals surface area contributed by atoms with Crippen LogP contribution in [0, 0.1) is 0 Å². The fourth-order valence-electron chi connectivity index (χ4n) is 2.27. The van der Waals surface area contributed by atoms with E-state index in [2.05, 4.69) is 20.8 Å². The van der Waals surface area contributed by atoms with Gasteiger partial charge in [-0.15, -0.1) is 10.2 Å². The number of aromatic nitrogens is 2. The molecule has 7 nitrogen and oxygen atoms in total. The Labute approximate surface area is 186 Å². The summed E-state index contributed by atoms with van der Waals surface area (Å²) in [6.07, 6.45) is 3.14. The SMILES string of the molecule is COc1ccc(NC(=O)CSc2nnc(NC(=O)/C=C/c3ccccc3)s2)cc1Cl. The van der Waals surface area contributed by atoms with Crippen molar-refractivity contribution < 1.29 is 14.3 Å². The highest BCUT2D eigenvalue weighted by atomic mass is 35.5. The molecule has 0 aliphatic carbocycles. The van der Waals surface area contributed by atoms with Gasteiger partial charge in [-0.1, -0.05) is 65.0 Å². The van der Waals surface area contributed by atoms with Crippen LogP contribution in [0.2, 0.25) is 5.02 Å². The van der Waals surface area contributed by atoms with Crippen LogP contribution in [0.1, 0.15) is 5.56 Å². The molecule has 10 heteroatoms. The van der Waals surface area contributed by atoms with E-state index in [-0.39, 0.29) is 17.6 Å². The normalized spacial score (nSPS) is 10.7. The van der Waals surface area contributed by atoms with Crippen molar-refractivity contribution in [3.63, 3.8) is 0 Å². The van der Waals surface area contributed by atoms with Crippen molar-refractivity contribution in [2.45, 2.75) is 4.34 Å². The number of thioether (sulfide) groups is 1. The van der Waals surface area contributed by atoms with Crippen LogP contribution in [0.3, 0.4) is 0 Å². The lowest BCUT2D eigenvalue weighted by molar-refractivity contribution is -0.114. The average molecular weight is 461 g/mol. The first-order valence-electron chi connectivity index (χ1n) is 8.67. The average Bonchev–Trinajstić information content (AvgIpc) is 3.19. The summed E-state index contributed by atoms with van der Waals surface area (Å²) in [6.45, 7) is 0. The van der Waals surface area contributed by atoms with Crippen molar-refractivity contribution in [3.05, 3.63) is 65.2 Å². The highest BCUT2D eigenvalue weighted by molar-refractivity contribution is 8.01. The number of ether oxygens (including phenoxy) is 1. The smallest absolute Gasteiger partial charge is 0.250 e. The van der Waals surface area contributed by atoms with E-state index in [0.29, 0.717) is 25.9 Å². The van der Waals surface area contributed by atoms with Crippen LogP contribution in [0.15, 0.2) is 58.9 Å². The van der Waals surface area contributed by atoms with Gasteiger partial charge in [-0.05, 0) is 29.8 Å². The zero-order valence-corrected chi connectivity index (χ0v) is 18.2. The summed E-state index contributed by atoms with van der Waals surface area (Å²) in [5, 5.41) is 14.1. The maximum Gasteiger partial charge on any atom is 0.250 e. The van der Waals surface area contributed by atoms with E-state index in [4.69, 9.17) is 16.3 Å². The molecule has 2 aromatic carbocycles. The topological polar surface area (TPSA) is 93.2 Å². The van der Waals surface area contributed by atoms with Gasteiger partial charge in [0.15, 0.2) is 4.34 Å². The molecule has 0 atom stereocenters. The molecule has 0 spiro atoms. The maximum absolute atomic E-state index is 12.1. The maximum atomic E-state index is 12.1. The highest BCUT2D eigenvalue weighted by Crippen LogP contribution is 2.28. The number of anilines is 2. The Hall–Kier alpha value is -2.88. The van der Waals surface area contributed by atoms with Crippen LogP contribution < -0.4 is 15.4 Å². The Morgan fingerprint density at radius 3 is 2.70 bits per heavy atom. The van der Waals surface area contributed by atoms with Crippen molar-refractivity contribution in [2.75, 3.05) is 23.5 Å². The highest BCUT2D eigenvalue weighted by Gasteiger charge is 2.10. The molecule has 154 valence electrons. The largest absolute Gasteiger partial charge is 0.495 e. The summed E-state index contributed by atoms with van der Waals surface area (Å²) < 4.78 is 5.65. The zero-order chi connectivity index (χ0) is 21.3. The predicted molar refractivity (Wildman–Crippen MR) is 121 cm³/mol. The van der Waals surface area contributed by atoms with Gasteiger partial charge in [0.1, 0.15) is 5.75 Å². The van der Waals surface area contributed by atoms with E-state index in [1.54, 1.807) is 24.3 Å². The molecule has 0 aliphatic rings. The van der Waals surface area contributed by atoms with Gasteiger partial charge in [-0.25, -0.2) is 0 Å². The number of nitrogens with one attached hydrogen (secondary N) is 2. The summed E-state index contributed by atoms with van der Waals surface area (Å²) in [4.78, 5) is 24.1. The lowest BCUT2D eigenvalue weighted by atomic mass is 10.2. The number of rotatable bonds is 8. The molecule has 0 aliphatic heterocycles. The first-order chi connectivity index (χ1) is 14.5. The molecule has 1 heterocycles. The third-order valence-electron chi connectivity index (χ3n) is 3.63. The van der Waals surface area contributed by atoms with Crippen molar-refractivity contribution in [1.29, 1.82) is 0 Å². The van der Waals surface area contributed by atoms with Gasteiger partial charge in [0, 0.05) is 11.8 Å². The van der Waals surface area contributed by atoms with Crippen LogP contribution in [0.5, 0.6) is 5.75 Å². The van der Waals surface area contributed by atoms with E-state index in [1.807, 2.05) is 30.3 Å². The minimum Gasteiger partial charge on any atom is -0.495 e. The van der Waals surface area contributed by atoms with Crippen LogP contribution in [0.25, 0.3) is 6.08 Å². The Bertz CT molecular complexity index is 1060. The molecule has 0 saturated heterocycles. The van der Waals surface area contributed by atoms with E-state index in [1.165, 1.54) is 36.3 Å². The second kappa shape index (κ2) is 10.8. The van der Waals surface area contributed by atoms with Crippen molar-refractivity contribution in [2.24, 2.45) is 0 Å². The van der Waals surface area contributed by atoms with E-state index < -0.39 is 0 Å². The molecule has 0 radical (unpaired) electrons. The summed E-state index contributed by atoms with van der Waals surface area (Å²) in [5.74, 6) is 0.153. The van der Waals surface area contributed by atoms with Gasteiger partial charge in [-0.2, -0.15) is 0 Å². The van der Waals surface area contributed by atoms with Crippen LogP contribution in [-0.2, 0) is 9.59 Å². The van der Waals surface area contributed by atoms with Crippen molar-refractivity contribution in [3.8, 4) is 5.75 Å². The van der Waals surface area contributed by atoms with Crippen LogP contribution in [-0.4, -0.2) is 34.9 Å². The second-order valence-corrected chi connectivity index (χ2v) is 8.40. The Morgan fingerprint density at radius 1 is 1.17 bits per heavy atom. The first kappa shape index (κ1) is 21.8. The molecule has 0 unspecified atom stereocenters. The summed E-state index contributed by atoms with van der Waals surface area (Å²) in [7, 11) is 1.52. The minimum atomic E-state index is -0.305. The second-order valence-electron chi connectivity index (χ2n) is 5.79. The number of halogens is 1. The molecule has 30 heavy (non-hydrogen) atoms. The zero-order valence-electron chi connectivity index (χ0n) is 15.8. The van der Waals surface area contributed by atoms with Gasteiger partial charge in [-0.3, -0.25) is 14.9 Å². The number of carbonyl (C=O) groups excluding carboxylic acids is 2. The molecule has 0 bridgehead atoms. The number of hydrogen-bond acceptors (Lipinski definition) is 7. The van der Waals surface area contributed by atoms with Crippen molar-refractivity contribution >= 4 is 63.4 Å². The number of carbonyl (C=O) groups is 2. The minimum absolute atomic E-state index is 0.139. The Morgan fingerprint density at radius 2 is 1.97 bits per heavy atom. The predicted octanol–water partition coefficient (Wildman–Crippen LogP) is 4.58. The van der Waals surface area contributed by atoms with E-state index in [9.17, 15) is 9.59 Å². The monoisotopic (exact) mass is 460 g/mol. The van der Waals surface area contributed by atoms with E-state index >= 15 is 0 Å². The van der Waals surface area contributed by atoms with Gasteiger partial charge in [0.25, 0.3) is 0 Å². The first-order valence-corrected chi connectivity index (χ1v) is 10.9. The van der Waals surface area contributed by atoms with Gasteiger partial charge in [0.05, 0.1) is 17.9 Å². The number of benzene rings is 2. The van der Waals surface area contributed by atoms with Gasteiger partial charge in [0.2, 0.25) is 16.9 Å². The molecule has 3 aromatic rings. The van der Waals surface area contributed by atoms with Crippen LogP contribution in [0.4, 0.5) is 10.8 Å². The molecular formula is C20H17ClN4O3S2. The molecule has 2 amide bonds. The Balaban J connectivity index is 1.47. The lowest BCUT2D eigenvalue weighted by Gasteiger charge is -2.07. The lowest BCUT2D eigenvalue weighted by Crippen LogP contribution is -2.13. The van der Waals surface area contributed by atoms with Crippen LogP contribution >= 0.6 is 34.7 Å². The number of methoxy groups -OCH3 is 1. The number of amides is 2. The van der Waals surface area contributed by atoms with Gasteiger partial charge >= 0.3 is 0 Å². The molecule has 3 rings (SSSR count). The number of nitrogens with zero attached hydrogens (tertiary/aromatic N) is 2. The Kier molecular flexibility index (Phi) is 7.83. The summed E-state index contributed by atoms with van der Waals surface area (Å²) >= 11 is 8.47. The van der Waals surface area contributed by atoms with E-state index in [0.717, 1.165) is 5.56 Å². The summed E-state index contributed by atoms with van der Waals surface area (Å²) in [6, 6.07) is 14.5. The molecular weight excluding hydrogens is 444 g/mol. The summed E-state index contributed by atoms with van der Waals surface area (Å²) in [5.41, 5.74) is 1.49.